The lowest BCUT2D eigenvalue weighted by Gasteiger charge is -2.19. The number of thiophene rings is 1. The van der Waals surface area contributed by atoms with Gasteiger partial charge in [0.2, 0.25) is 0 Å². The topological polar surface area (TPSA) is 12.0 Å². The second-order valence-electron chi connectivity index (χ2n) is 4.94. The van der Waals surface area contributed by atoms with E-state index in [-0.39, 0.29) is 6.04 Å². The van der Waals surface area contributed by atoms with Gasteiger partial charge in [0.15, 0.2) is 0 Å². The van der Waals surface area contributed by atoms with Crippen LogP contribution in [0.1, 0.15) is 17.2 Å². The second-order valence-corrected chi connectivity index (χ2v) is 6.66. The predicted octanol–water partition coefficient (Wildman–Crippen LogP) is 5.71. The van der Waals surface area contributed by atoms with Crippen LogP contribution in [0.3, 0.4) is 0 Å². The Hall–Kier alpha value is -1.06. The summed E-state index contributed by atoms with van der Waals surface area (Å²) >= 11 is 14.5. The number of rotatable bonds is 4. The van der Waals surface area contributed by atoms with Gasteiger partial charge in [-0.2, -0.15) is 0 Å². The monoisotopic (exact) mass is 335 g/mol. The van der Waals surface area contributed by atoms with Gasteiger partial charge in [-0.3, -0.25) is 0 Å². The molecule has 3 aromatic rings. The number of fused-ring (bicyclic) bond motifs is 1. The standard InChI is InChI=1S/C17H15Cl2NS/c1-20-15(17-13(18)6-4-7-14(17)19)9-11-10-21-16-8-3-2-5-12(11)16/h2-8,10,15,20H,9H2,1H3. The quantitative estimate of drug-likeness (QED) is 0.643. The molecule has 1 N–H and O–H groups in total. The molecule has 0 aliphatic heterocycles. The fraction of sp³-hybridized carbons (Fsp3) is 0.176. The Balaban J connectivity index is 1.98. The molecular formula is C17H15Cl2NS. The number of hydrogen-bond acceptors (Lipinski definition) is 2. The van der Waals surface area contributed by atoms with E-state index in [2.05, 4.69) is 35.0 Å². The third kappa shape index (κ3) is 2.95. The van der Waals surface area contributed by atoms with E-state index in [0.717, 1.165) is 12.0 Å². The van der Waals surface area contributed by atoms with Gasteiger partial charge in [0, 0.05) is 26.4 Å². The average molecular weight is 336 g/mol. The number of hydrogen-bond donors (Lipinski definition) is 1. The Morgan fingerprint density at radius 1 is 1.05 bits per heavy atom. The van der Waals surface area contributed by atoms with Crippen LogP contribution in [0.15, 0.2) is 47.8 Å². The maximum absolute atomic E-state index is 6.34. The molecule has 0 saturated heterocycles. The lowest BCUT2D eigenvalue weighted by molar-refractivity contribution is 0.595. The second kappa shape index (κ2) is 6.37. The van der Waals surface area contributed by atoms with Crippen LogP contribution in [0.5, 0.6) is 0 Å². The Labute approximate surface area is 138 Å². The molecule has 1 nitrogen and oxygen atoms in total. The highest BCUT2D eigenvalue weighted by molar-refractivity contribution is 7.17. The first-order valence-corrected chi connectivity index (χ1v) is 8.40. The van der Waals surface area contributed by atoms with Crippen LogP contribution < -0.4 is 5.32 Å². The van der Waals surface area contributed by atoms with E-state index in [1.807, 2.05) is 25.2 Å². The van der Waals surface area contributed by atoms with Crippen LogP contribution in [-0.2, 0) is 6.42 Å². The smallest absolute Gasteiger partial charge is 0.0468 e. The molecule has 2 aromatic carbocycles. The molecular weight excluding hydrogens is 321 g/mol. The predicted molar refractivity (Wildman–Crippen MR) is 93.8 cm³/mol. The highest BCUT2D eigenvalue weighted by atomic mass is 35.5. The van der Waals surface area contributed by atoms with E-state index in [9.17, 15) is 0 Å². The van der Waals surface area contributed by atoms with E-state index >= 15 is 0 Å². The molecule has 0 bridgehead atoms. The van der Waals surface area contributed by atoms with Crippen molar-refractivity contribution >= 4 is 44.6 Å². The van der Waals surface area contributed by atoms with Gasteiger partial charge in [0.1, 0.15) is 0 Å². The summed E-state index contributed by atoms with van der Waals surface area (Å²) < 4.78 is 1.31. The number of likely N-dealkylation sites (N-methyl/N-ethyl adjacent to an activating group) is 1. The normalized spacial score (nSPS) is 12.7. The van der Waals surface area contributed by atoms with Crippen LogP contribution in [0.2, 0.25) is 10.0 Å². The molecule has 1 aromatic heterocycles. The summed E-state index contributed by atoms with van der Waals surface area (Å²) in [6, 6.07) is 14.2. The minimum absolute atomic E-state index is 0.101. The molecule has 1 atom stereocenters. The van der Waals surface area contributed by atoms with Gasteiger partial charge in [0.05, 0.1) is 0 Å². The minimum atomic E-state index is 0.101. The van der Waals surface area contributed by atoms with E-state index in [0.29, 0.717) is 10.0 Å². The lowest BCUT2D eigenvalue weighted by Crippen LogP contribution is -2.19. The molecule has 3 rings (SSSR count). The van der Waals surface area contributed by atoms with Crippen molar-refractivity contribution in [3.05, 3.63) is 69.0 Å². The summed E-state index contributed by atoms with van der Waals surface area (Å²) in [6.45, 7) is 0. The van der Waals surface area contributed by atoms with Crippen LogP contribution in [0.4, 0.5) is 0 Å². The molecule has 108 valence electrons. The van der Waals surface area contributed by atoms with Gasteiger partial charge in [-0.15, -0.1) is 11.3 Å². The van der Waals surface area contributed by atoms with Gasteiger partial charge < -0.3 is 5.32 Å². The van der Waals surface area contributed by atoms with Crippen molar-refractivity contribution in [3.8, 4) is 0 Å². The van der Waals surface area contributed by atoms with Crippen LogP contribution in [0.25, 0.3) is 10.1 Å². The summed E-state index contributed by atoms with van der Waals surface area (Å²) in [5.41, 5.74) is 2.30. The van der Waals surface area contributed by atoms with Gasteiger partial charge in [-0.1, -0.05) is 47.5 Å². The highest BCUT2D eigenvalue weighted by Gasteiger charge is 2.18. The van der Waals surface area contributed by atoms with Crippen LogP contribution in [-0.4, -0.2) is 7.05 Å². The van der Waals surface area contributed by atoms with Crippen molar-refractivity contribution in [1.82, 2.24) is 5.32 Å². The van der Waals surface area contributed by atoms with Crippen LogP contribution in [0, 0.1) is 0 Å². The first-order chi connectivity index (χ1) is 10.2. The van der Waals surface area contributed by atoms with E-state index < -0.39 is 0 Å². The first-order valence-electron chi connectivity index (χ1n) is 6.77. The first kappa shape index (κ1) is 14.9. The SMILES string of the molecule is CNC(Cc1csc2ccccc12)c1c(Cl)cccc1Cl. The number of nitrogens with one attached hydrogen (secondary N) is 1. The molecule has 1 heterocycles. The van der Waals surface area contributed by atoms with Crippen molar-refractivity contribution in [3.63, 3.8) is 0 Å². The third-order valence-corrected chi connectivity index (χ3v) is 5.35. The van der Waals surface area contributed by atoms with Gasteiger partial charge in [0.25, 0.3) is 0 Å². The Morgan fingerprint density at radius 2 is 1.76 bits per heavy atom. The third-order valence-electron chi connectivity index (χ3n) is 3.68. The fourth-order valence-corrected chi connectivity index (χ4v) is 4.24. The molecule has 0 fully saturated rings. The molecule has 21 heavy (non-hydrogen) atoms. The van der Waals surface area contributed by atoms with Gasteiger partial charge in [-0.05, 0) is 48.0 Å². The zero-order chi connectivity index (χ0) is 14.8. The summed E-state index contributed by atoms with van der Waals surface area (Å²) in [5, 5.41) is 8.29. The molecule has 0 amide bonds. The van der Waals surface area contributed by atoms with Crippen molar-refractivity contribution in [2.75, 3.05) is 7.05 Å². The maximum Gasteiger partial charge on any atom is 0.0468 e. The molecule has 0 saturated carbocycles. The van der Waals surface area contributed by atoms with Crippen molar-refractivity contribution < 1.29 is 0 Å². The Kier molecular flexibility index (Phi) is 4.51. The summed E-state index contributed by atoms with van der Waals surface area (Å²) in [7, 11) is 1.94. The van der Waals surface area contributed by atoms with Crippen molar-refractivity contribution in [2.24, 2.45) is 0 Å². The zero-order valence-corrected chi connectivity index (χ0v) is 13.9. The molecule has 0 radical (unpaired) electrons. The molecule has 0 aliphatic carbocycles. The van der Waals surface area contributed by atoms with E-state index in [1.54, 1.807) is 11.3 Å². The summed E-state index contributed by atoms with van der Waals surface area (Å²) in [4.78, 5) is 0. The molecule has 4 heteroatoms. The van der Waals surface area contributed by atoms with Gasteiger partial charge in [-0.25, -0.2) is 0 Å². The number of halogens is 2. The summed E-state index contributed by atoms with van der Waals surface area (Å²) in [6.07, 6.45) is 0.865. The van der Waals surface area contributed by atoms with Crippen LogP contribution >= 0.6 is 34.5 Å². The minimum Gasteiger partial charge on any atom is -0.313 e. The molecule has 1 unspecified atom stereocenters. The number of benzene rings is 2. The molecule has 0 spiro atoms. The van der Waals surface area contributed by atoms with E-state index in [1.165, 1.54) is 15.6 Å². The largest absolute Gasteiger partial charge is 0.313 e. The Morgan fingerprint density at radius 3 is 2.48 bits per heavy atom. The fourth-order valence-electron chi connectivity index (χ4n) is 2.60. The highest BCUT2D eigenvalue weighted by Crippen LogP contribution is 2.34. The lowest BCUT2D eigenvalue weighted by atomic mass is 9.98. The Bertz CT molecular complexity index is 746. The zero-order valence-electron chi connectivity index (χ0n) is 11.6. The van der Waals surface area contributed by atoms with Crippen molar-refractivity contribution in [2.45, 2.75) is 12.5 Å². The molecule has 0 aliphatic rings. The maximum atomic E-state index is 6.34. The van der Waals surface area contributed by atoms with Crippen molar-refractivity contribution in [1.29, 1.82) is 0 Å². The van der Waals surface area contributed by atoms with Gasteiger partial charge >= 0.3 is 0 Å². The summed E-state index contributed by atoms with van der Waals surface area (Å²) in [5.74, 6) is 0. The van der Waals surface area contributed by atoms with E-state index in [4.69, 9.17) is 23.2 Å². The average Bonchev–Trinajstić information content (AvgIpc) is 2.89.